The van der Waals surface area contributed by atoms with E-state index in [1.165, 1.54) is 12.1 Å². The lowest BCUT2D eigenvalue weighted by molar-refractivity contribution is 0.0211. The van der Waals surface area contributed by atoms with Crippen molar-refractivity contribution in [1.29, 1.82) is 0 Å². The van der Waals surface area contributed by atoms with Crippen LogP contribution in [-0.2, 0) is 13.8 Å². The van der Waals surface area contributed by atoms with Gasteiger partial charge in [0.05, 0.1) is 10.6 Å². The van der Waals surface area contributed by atoms with Crippen molar-refractivity contribution in [3.8, 4) is 0 Å². The summed E-state index contributed by atoms with van der Waals surface area (Å²) in [6.07, 6.45) is 4.83. The molecule has 1 fully saturated rings. The summed E-state index contributed by atoms with van der Waals surface area (Å²) in [6.45, 7) is 1.62. The first kappa shape index (κ1) is 16.6. The minimum absolute atomic E-state index is 0.0271. The number of benzene rings is 1. The zero-order valence-electron chi connectivity index (χ0n) is 11.6. The molecule has 1 aliphatic carbocycles. The lowest BCUT2D eigenvalue weighted by Crippen LogP contribution is -2.21. The highest BCUT2D eigenvalue weighted by Gasteiger charge is 2.23. The highest BCUT2D eigenvalue weighted by molar-refractivity contribution is 8.13. The first-order valence-electron chi connectivity index (χ1n) is 6.75. The number of hydrogen-bond acceptors (Lipinski definition) is 4. The largest absolute Gasteiger partial charge is 0.459 e. The second-order valence-corrected chi connectivity index (χ2v) is 8.12. The Morgan fingerprint density at radius 2 is 1.86 bits per heavy atom. The van der Waals surface area contributed by atoms with Crippen molar-refractivity contribution < 1.29 is 17.9 Å². The van der Waals surface area contributed by atoms with Crippen molar-refractivity contribution in [3.05, 3.63) is 28.3 Å². The molecule has 7 heteroatoms. The number of carbonyl (C=O) groups is 1. The van der Waals surface area contributed by atoms with Gasteiger partial charge in [0.25, 0.3) is 9.05 Å². The topological polar surface area (TPSA) is 60.4 Å². The molecule has 1 aliphatic rings. The Labute approximate surface area is 133 Å². The van der Waals surface area contributed by atoms with Gasteiger partial charge in [0, 0.05) is 10.7 Å². The van der Waals surface area contributed by atoms with E-state index in [0.717, 1.165) is 32.1 Å². The van der Waals surface area contributed by atoms with Gasteiger partial charge in [-0.3, -0.25) is 0 Å². The molecule has 1 aromatic carbocycles. The van der Waals surface area contributed by atoms with Gasteiger partial charge in [-0.15, -0.1) is 0 Å². The molecule has 1 saturated carbocycles. The standard InChI is InChI=1S/C14H16Cl2O4S/c1-9-7-10(8-12(13(9)15)21(16,18)19)14(17)20-11-5-3-2-4-6-11/h7-8,11H,2-6H2,1H3. The fourth-order valence-corrected chi connectivity index (χ4v) is 3.98. The summed E-state index contributed by atoms with van der Waals surface area (Å²) in [7, 11) is 1.33. The van der Waals surface area contributed by atoms with Gasteiger partial charge in [0.1, 0.15) is 11.0 Å². The van der Waals surface area contributed by atoms with Gasteiger partial charge in [0.15, 0.2) is 0 Å². The molecule has 0 N–H and O–H groups in total. The predicted molar refractivity (Wildman–Crippen MR) is 81.5 cm³/mol. The van der Waals surface area contributed by atoms with Crippen LogP contribution in [0, 0.1) is 6.92 Å². The third-order valence-corrected chi connectivity index (χ3v) is 5.51. The van der Waals surface area contributed by atoms with E-state index >= 15 is 0 Å². The Morgan fingerprint density at radius 1 is 1.24 bits per heavy atom. The number of halogens is 2. The normalized spacial score (nSPS) is 16.7. The Morgan fingerprint density at radius 3 is 2.43 bits per heavy atom. The number of esters is 1. The summed E-state index contributed by atoms with van der Waals surface area (Å²) in [5.74, 6) is -0.539. The average Bonchev–Trinajstić information content (AvgIpc) is 2.41. The molecular formula is C14H16Cl2O4S. The lowest BCUT2D eigenvalue weighted by Gasteiger charge is -2.22. The van der Waals surface area contributed by atoms with Crippen LogP contribution in [0.3, 0.4) is 0 Å². The summed E-state index contributed by atoms with van der Waals surface area (Å²) in [5, 5.41) is 0.0271. The van der Waals surface area contributed by atoms with Gasteiger partial charge in [-0.25, -0.2) is 13.2 Å². The van der Waals surface area contributed by atoms with Gasteiger partial charge in [-0.1, -0.05) is 18.0 Å². The summed E-state index contributed by atoms with van der Waals surface area (Å²) in [5.41, 5.74) is 0.621. The van der Waals surface area contributed by atoms with E-state index in [9.17, 15) is 13.2 Å². The first-order chi connectivity index (χ1) is 9.79. The van der Waals surface area contributed by atoms with E-state index < -0.39 is 15.0 Å². The molecule has 2 rings (SSSR count). The van der Waals surface area contributed by atoms with E-state index in [0.29, 0.717) is 5.56 Å². The highest BCUT2D eigenvalue weighted by Crippen LogP contribution is 2.30. The van der Waals surface area contributed by atoms with Gasteiger partial charge < -0.3 is 4.74 Å². The number of hydrogen-bond donors (Lipinski definition) is 0. The summed E-state index contributed by atoms with van der Waals surface area (Å²) in [4.78, 5) is 11.9. The number of ether oxygens (including phenoxy) is 1. The molecule has 1 aromatic rings. The fraction of sp³-hybridized carbons (Fsp3) is 0.500. The van der Waals surface area contributed by atoms with Crippen molar-refractivity contribution in [1.82, 2.24) is 0 Å². The number of rotatable bonds is 3. The molecule has 0 bridgehead atoms. The molecule has 0 spiro atoms. The molecule has 116 valence electrons. The lowest BCUT2D eigenvalue weighted by atomic mass is 9.98. The minimum Gasteiger partial charge on any atom is -0.459 e. The van der Waals surface area contributed by atoms with Crippen molar-refractivity contribution >= 4 is 37.3 Å². The van der Waals surface area contributed by atoms with Crippen LogP contribution in [-0.4, -0.2) is 20.5 Å². The third-order valence-electron chi connectivity index (χ3n) is 3.55. The molecule has 0 aliphatic heterocycles. The van der Waals surface area contributed by atoms with E-state index in [1.54, 1.807) is 6.92 Å². The van der Waals surface area contributed by atoms with Crippen LogP contribution < -0.4 is 0 Å². The summed E-state index contributed by atoms with van der Waals surface area (Å²) >= 11 is 5.93. The van der Waals surface area contributed by atoms with Crippen LogP contribution in [0.15, 0.2) is 17.0 Å². The van der Waals surface area contributed by atoms with E-state index in [4.69, 9.17) is 27.0 Å². The zero-order chi connectivity index (χ0) is 15.6. The van der Waals surface area contributed by atoms with E-state index in [1.807, 2.05) is 0 Å². The molecule has 0 heterocycles. The maximum Gasteiger partial charge on any atom is 0.338 e. The summed E-state index contributed by atoms with van der Waals surface area (Å²) < 4.78 is 28.4. The zero-order valence-corrected chi connectivity index (χ0v) is 13.9. The average molecular weight is 351 g/mol. The Balaban J connectivity index is 2.27. The van der Waals surface area contributed by atoms with Gasteiger partial charge in [0.2, 0.25) is 0 Å². The second-order valence-electron chi connectivity index (χ2n) is 5.21. The quantitative estimate of drug-likeness (QED) is 0.609. The maximum absolute atomic E-state index is 12.2. The van der Waals surface area contributed by atoms with Crippen LogP contribution in [0.5, 0.6) is 0 Å². The Hall–Kier alpha value is -0.780. The van der Waals surface area contributed by atoms with Crippen LogP contribution in [0.25, 0.3) is 0 Å². The van der Waals surface area contributed by atoms with Gasteiger partial charge in [-0.05, 0) is 50.3 Å². The van der Waals surface area contributed by atoms with Crippen LogP contribution in [0.2, 0.25) is 5.02 Å². The molecule has 0 radical (unpaired) electrons. The molecule has 0 amide bonds. The SMILES string of the molecule is Cc1cc(C(=O)OC2CCCCC2)cc(S(=O)(=O)Cl)c1Cl. The van der Waals surface area contributed by atoms with Crippen molar-refractivity contribution in [2.75, 3.05) is 0 Å². The summed E-state index contributed by atoms with van der Waals surface area (Å²) in [6, 6.07) is 2.68. The Bertz CT molecular complexity index is 649. The monoisotopic (exact) mass is 350 g/mol. The minimum atomic E-state index is -4.01. The molecular weight excluding hydrogens is 335 g/mol. The van der Waals surface area contributed by atoms with E-state index in [2.05, 4.69) is 0 Å². The third kappa shape index (κ3) is 4.11. The molecule has 4 nitrogen and oxygen atoms in total. The Kier molecular flexibility index (Phi) is 5.17. The predicted octanol–water partition coefficient (Wildman–Crippen LogP) is 4.07. The smallest absolute Gasteiger partial charge is 0.338 e. The number of carbonyl (C=O) groups excluding carboxylic acids is 1. The van der Waals surface area contributed by atoms with Crippen molar-refractivity contribution in [3.63, 3.8) is 0 Å². The molecule has 0 atom stereocenters. The molecule has 0 aromatic heterocycles. The number of aryl methyl sites for hydroxylation is 1. The van der Waals surface area contributed by atoms with Crippen LogP contribution >= 0.6 is 22.3 Å². The van der Waals surface area contributed by atoms with Crippen LogP contribution in [0.4, 0.5) is 0 Å². The fourth-order valence-electron chi connectivity index (χ4n) is 2.43. The maximum atomic E-state index is 12.2. The van der Waals surface area contributed by atoms with E-state index in [-0.39, 0.29) is 21.6 Å². The van der Waals surface area contributed by atoms with Crippen molar-refractivity contribution in [2.24, 2.45) is 0 Å². The highest BCUT2D eigenvalue weighted by atomic mass is 35.7. The molecule has 21 heavy (non-hydrogen) atoms. The first-order valence-corrected chi connectivity index (χ1v) is 9.43. The van der Waals surface area contributed by atoms with Crippen LogP contribution in [0.1, 0.15) is 48.0 Å². The van der Waals surface area contributed by atoms with Gasteiger partial charge >= 0.3 is 5.97 Å². The van der Waals surface area contributed by atoms with Crippen molar-refractivity contribution in [2.45, 2.75) is 50.0 Å². The molecule has 0 unspecified atom stereocenters. The van der Waals surface area contributed by atoms with Gasteiger partial charge in [-0.2, -0.15) is 0 Å². The molecule has 0 saturated heterocycles. The second kappa shape index (κ2) is 6.55.